The van der Waals surface area contributed by atoms with Gasteiger partial charge in [-0.15, -0.1) is 0 Å². The lowest BCUT2D eigenvalue weighted by molar-refractivity contribution is -0.161. The third kappa shape index (κ3) is 62.6. The van der Waals surface area contributed by atoms with Crippen LogP contribution in [0.5, 0.6) is 0 Å². The molecule has 19 heteroatoms. The van der Waals surface area contributed by atoms with Gasteiger partial charge in [-0.2, -0.15) is 0 Å². The van der Waals surface area contributed by atoms with E-state index in [4.69, 9.17) is 37.0 Å². The van der Waals surface area contributed by atoms with Crippen molar-refractivity contribution < 1.29 is 80.2 Å². The van der Waals surface area contributed by atoms with E-state index >= 15 is 0 Å². The molecule has 0 aliphatic rings. The van der Waals surface area contributed by atoms with Crippen LogP contribution in [0.1, 0.15) is 363 Å². The zero-order chi connectivity index (χ0) is 67.3. The van der Waals surface area contributed by atoms with Gasteiger partial charge in [0.2, 0.25) is 0 Å². The number of phosphoric acid groups is 2. The van der Waals surface area contributed by atoms with Gasteiger partial charge in [0.1, 0.15) is 19.3 Å². The van der Waals surface area contributed by atoms with Crippen molar-refractivity contribution in [2.75, 3.05) is 39.6 Å². The Bertz CT molecular complexity index is 1790. The normalized spacial score (nSPS) is 15.1. The molecule has 0 aliphatic heterocycles. The number of unbranched alkanes of at least 4 members (excludes halogenated alkanes) is 35. The molecular formula is C72H140O17P2. The van der Waals surface area contributed by atoms with Crippen LogP contribution < -0.4 is 0 Å². The average molecular weight is 1340 g/mol. The van der Waals surface area contributed by atoms with Crippen molar-refractivity contribution >= 4 is 39.5 Å². The standard InChI is InChI=1S/C72H140O17P2/c1-8-12-13-14-15-24-31-39-46-53-69(74)82-60-68(89-72(77)56-49-42-35-34-38-45-52-65(7)11-4)62-87-91(80,81)85-58-66(73)57-84-90(78,79)86-61-67(59-83-70(75)54-47-40-32-27-23-22-26-30-37-44-51-64(6)10-3)88-71(76)55-48-41-33-28-21-19-17-16-18-20-25-29-36-43-50-63(5)9-2/h63-68,73H,8-62H2,1-7H3,(H,78,79)(H,80,81)/t63?,64?,65?,66-,67-,68-/m1/s1. The zero-order valence-corrected chi connectivity index (χ0v) is 61.1. The highest BCUT2D eigenvalue weighted by Crippen LogP contribution is 2.45. The quantitative estimate of drug-likeness (QED) is 0.0222. The predicted octanol–water partition coefficient (Wildman–Crippen LogP) is 20.6. The molecule has 8 atom stereocenters. The summed E-state index contributed by atoms with van der Waals surface area (Å²) < 4.78 is 68.3. The molecule has 0 heterocycles. The Labute approximate surface area is 556 Å². The SMILES string of the molecule is CCCCCCCCCCCC(=O)OC[C@H](COP(=O)(O)OC[C@H](O)COP(=O)(O)OC[C@@H](COC(=O)CCCCCCCCCCCCC(C)CC)OC(=O)CCCCCCCCCCCCCCCCC(C)CC)OC(=O)CCCCCCCCC(C)CC. The van der Waals surface area contributed by atoms with Gasteiger partial charge in [0.25, 0.3) is 0 Å². The van der Waals surface area contributed by atoms with E-state index in [2.05, 4.69) is 48.5 Å². The molecule has 540 valence electrons. The number of carbonyl (C=O) groups excluding carboxylic acids is 4. The minimum Gasteiger partial charge on any atom is -0.462 e. The molecule has 5 unspecified atom stereocenters. The number of carbonyl (C=O) groups is 4. The van der Waals surface area contributed by atoms with Crippen LogP contribution in [0.4, 0.5) is 0 Å². The lowest BCUT2D eigenvalue weighted by atomic mass is 9.99. The monoisotopic (exact) mass is 1340 g/mol. The molecule has 0 fully saturated rings. The Morgan fingerprint density at radius 1 is 0.308 bits per heavy atom. The minimum absolute atomic E-state index is 0.103. The van der Waals surface area contributed by atoms with Crippen molar-refractivity contribution in [2.24, 2.45) is 17.8 Å². The smallest absolute Gasteiger partial charge is 0.462 e. The Morgan fingerprint density at radius 2 is 0.527 bits per heavy atom. The Hall–Kier alpha value is -1.94. The Kier molecular flexibility index (Phi) is 61.5. The summed E-state index contributed by atoms with van der Waals surface area (Å²) in [5.74, 6) is 0.249. The molecule has 0 aromatic rings. The molecule has 17 nitrogen and oxygen atoms in total. The van der Waals surface area contributed by atoms with E-state index in [9.17, 15) is 43.2 Å². The second kappa shape index (κ2) is 62.8. The summed E-state index contributed by atoms with van der Waals surface area (Å²) in [6.45, 7) is 11.9. The molecular weight excluding hydrogens is 1200 g/mol. The zero-order valence-electron chi connectivity index (χ0n) is 59.3. The van der Waals surface area contributed by atoms with Gasteiger partial charge in [0.15, 0.2) is 12.2 Å². The van der Waals surface area contributed by atoms with Gasteiger partial charge in [-0.1, -0.05) is 312 Å². The van der Waals surface area contributed by atoms with E-state index in [1.54, 1.807) is 0 Å². The van der Waals surface area contributed by atoms with Crippen LogP contribution >= 0.6 is 15.6 Å². The maximum absolute atomic E-state index is 13.0. The molecule has 3 N–H and O–H groups in total. The Morgan fingerprint density at radius 3 is 0.780 bits per heavy atom. The second-order valence-electron chi connectivity index (χ2n) is 26.7. The summed E-state index contributed by atoms with van der Waals surface area (Å²) in [5.41, 5.74) is 0. The van der Waals surface area contributed by atoms with E-state index < -0.39 is 97.5 Å². The van der Waals surface area contributed by atoms with Crippen molar-refractivity contribution in [3.63, 3.8) is 0 Å². The van der Waals surface area contributed by atoms with Crippen molar-refractivity contribution in [1.82, 2.24) is 0 Å². The van der Waals surface area contributed by atoms with Crippen LogP contribution in [0.2, 0.25) is 0 Å². The van der Waals surface area contributed by atoms with Crippen molar-refractivity contribution in [3.8, 4) is 0 Å². The largest absolute Gasteiger partial charge is 0.472 e. The first-order chi connectivity index (χ1) is 43.8. The molecule has 0 amide bonds. The summed E-state index contributed by atoms with van der Waals surface area (Å²) in [6, 6.07) is 0. The van der Waals surface area contributed by atoms with Gasteiger partial charge in [-0.3, -0.25) is 37.3 Å². The van der Waals surface area contributed by atoms with Gasteiger partial charge < -0.3 is 33.8 Å². The van der Waals surface area contributed by atoms with E-state index in [1.807, 2.05) is 0 Å². The summed E-state index contributed by atoms with van der Waals surface area (Å²) >= 11 is 0. The average Bonchev–Trinajstić information content (AvgIpc) is 3.41. The number of aliphatic hydroxyl groups excluding tert-OH is 1. The predicted molar refractivity (Wildman–Crippen MR) is 368 cm³/mol. The van der Waals surface area contributed by atoms with Crippen molar-refractivity contribution in [1.29, 1.82) is 0 Å². The van der Waals surface area contributed by atoms with Crippen LogP contribution in [0.3, 0.4) is 0 Å². The first kappa shape index (κ1) is 89.1. The number of aliphatic hydroxyl groups is 1. The number of hydrogen-bond acceptors (Lipinski definition) is 15. The maximum Gasteiger partial charge on any atom is 0.472 e. The molecule has 0 saturated heterocycles. The second-order valence-corrected chi connectivity index (χ2v) is 29.6. The Balaban J connectivity index is 5.23. The number of rotatable bonds is 70. The topological polar surface area (TPSA) is 237 Å². The van der Waals surface area contributed by atoms with Gasteiger partial charge in [0, 0.05) is 25.7 Å². The van der Waals surface area contributed by atoms with Crippen LogP contribution in [0.25, 0.3) is 0 Å². The minimum atomic E-state index is -4.95. The number of hydrogen-bond donors (Lipinski definition) is 3. The fraction of sp³-hybridized carbons (Fsp3) is 0.944. The summed E-state index contributed by atoms with van der Waals surface area (Å²) in [6.07, 6.45) is 47.1. The molecule has 0 radical (unpaired) electrons. The molecule has 0 spiro atoms. The summed E-state index contributed by atoms with van der Waals surface area (Å²) in [5, 5.41) is 10.6. The first-order valence-corrected chi connectivity index (χ1v) is 40.5. The molecule has 0 bridgehead atoms. The number of esters is 4. The van der Waals surface area contributed by atoms with Crippen LogP contribution in [0.15, 0.2) is 0 Å². The first-order valence-electron chi connectivity index (χ1n) is 37.5. The van der Waals surface area contributed by atoms with Gasteiger partial charge in [-0.25, -0.2) is 9.13 Å². The highest BCUT2D eigenvalue weighted by atomic mass is 31.2. The third-order valence-electron chi connectivity index (χ3n) is 17.7. The highest BCUT2D eigenvalue weighted by Gasteiger charge is 2.30. The molecule has 0 aliphatic carbocycles. The van der Waals surface area contributed by atoms with Gasteiger partial charge in [0.05, 0.1) is 26.4 Å². The van der Waals surface area contributed by atoms with Gasteiger partial charge >= 0.3 is 39.5 Å². The number of ether oxygens (including phenoxy) is 4. The van der Waals surface area contributed by atoms with E-state index in [0.29, 0.717) is 25.7 Å². The summed E-state index contributed by atoms with van der Waals surface area (Å²) in [7, 11) is -9.90. The molecule has 0 aromatic heterocycles. The molecule has 0 aromatic carbocycles. The summed E-state index contributed by atoms with van der Waals surface area (Å²) in [4.78, 5) is 72.6. The van der Waals surface area contributed by atoms with Crippen LogP contribution in [0, 0.1) is 17.8 Å². The van der Waals surface area contributed by atoms with E-state index in [1.165, 1.54) is 173 Å². The molecule has 0 saturated carbocycles. The van der Waals surface area contributed by atoms with Crippen LogP contribution in [-0.2, 0) is 65.4 Å². The van der Waals surface area contributed by atoms with Crippen molar-refractivity contribution in [3.05, 3.63) is 0 Å². The molecule has 91 heavy (non-hydrogen) atoms. The lowest BCUT2D eigenvalue weighted by Crippen LogP contribution is -2.30. The lowest BCUT2D eigenvalue weighted by Gasteiger charge is -2.21. The fourth-order valence-electron chi connectivity index (χ4n) is 10.8. The van der Waals surface area contributed by atoms with Crippen molar-refractivity contribution in [2.45, 2.75) is 381 Å². The third-order valence-corrected chi connectivity index (χ3v) is 19.6. The molecule has 0 rings (SSSR count). The van der Waals surface area contributed by atoms with E-state index in [0.717, 1.165) is 108 Å². The fourth-order valence-corrected chi connectivity index (χ4v) is 12.4. The van der Waals surface area contributed by atoms with E-state index in [-0.39, 0.29) is 25.7 Å². The number of phosphoric ester groups is 2. The maximum atomic E-state index is 13.0. The van der Waals surface area contributed by atoms with Gasteiger partial charge in [-0.05, 0) is 43.4 Å². The van der Waals surface area contributed by atoms with Crippen LogP contribution in [-0.4, -0.2) is 96.7 Å². The highest BCUT2D eigenvalue weighted by molar-refractivity contribution is 7.47.